The Labute approximate surface area is 190 Å². The van der Waals surface area contributed by atoms with Crippen molar-refractivity contribution in [1.82, 2.24) is 0 Å². The number of esters is 1. The zero-order chi connectivity index (χ0) is 22.5. The minimum absolute atomic E-state index is 0.328. The van der Waals surface area contributed by atoms with Crippen LogP contribution in [0.1, 0.15) is 5.56 Å². The van der Waals surface area contributed by atoms with Crippen LogP contribution in [0.4, 0.5) is 11.4 Å². The maximum atomic E-state index is 13.1. The molecule has 32 heavy (non-hydrogen) atoms. The fraction of sp³-hybridized carbons (Fsp3) is 0.120. The molecule has 1 amide bonds. The minimum atomic E-state index is -0.629. The van der Waals surface area contributed by atoms with Crippen LogP contribution in [-0.4, -0.2) is 32.7 Å². The molecular formula is C25H21NO5S. The molecule has 3 aromatic carbocycles. The van der Waals surface area contributed by atoms with Crippen LogP contribution >= 0.6 is 11.8 Å². The van der Waals surface area contributed by atoms with Gasteiger partial charge in [0, 0.05) is 21.4 Å². The molecule has 0 saturated carbocycles. The number of fused-ring (bicyclic) bond motifs is 2. The summed E-state index contributed by atoms with van der Waals surface area (Å²) in [7, 11) is 3.07. The number of anilines is 2. The van der Waals surface area contributed by atoms with Crippen molar-refractivity contribution in [3.8, 4) is 11.5 Å². The molecule has 0 spiro atoms. The first-order valence-electron chi connectivity index (χ1n) is 9.87. The molecule has 0 N–H and O–H groups in total. The van der Waals surface area contributed by atoms with Crippen LogP contribution in [-0.2, 0) is 14.3 Å². The third kappa shape index (κ3) is 4.33. The van der Waals surface area contributed by atoms with Crippen LogP contribution in [0.25, 0.3) is 6.08 Å². The van der Waals surface area contributed by atoms with Gasteiger partial charge in [-0.3, -0.25) is 9.69 Å². The Hall–Kier alpha value is -3.71. The number of hydrogen-bond donors (Lipinski definition) is 0. The lowest BCUT2D eigenvalue weighted by Crippen LogP contribution is -2.32. The average Bonchev–Trinajstić information content (AvgIpc) is 2.84. The molecule has 0 atom stereocenters. The third-order valence-corrected chi connectivity index (χ3v) is 5.98. The van der Waals surface area contributed by atoms with Crippen molar-refractivity contribution < 1.29 is 23.8 Å². The number of ether oxygens (including phenoxy) is 3. The van der Waals surface area contributed by atoms with Gasteiger partial charge >= 0.3 is 5.97 Å². The Morgan fingerprint density at radius 3 is 2.16 bits per heavy atom. The largest absolute Gasteiger partial charge is 0.493 e. The van der Waals surface area contributed by atoms with Crippen molar-refractivity contribution in [2.75, 3.05) is 25.7 Å². The van der Waals surface area contributed by atoms with Crippen molar-refractivity contribution in [2.45, 2.75) is 9.79 Å². The van der Waals surface area contributed by atoms with Crippen molar-refractivity contribution in [3.63, 3.8) is 0 Å². The molecule has 162 valence electrons. The van der Waals surface area contributed by atoms with E-state index in [0.717, 1.165) is 21.2 Å². The van der Waals surface area contributed by atoms with Gasteiger partial charge < -0.3 is 14.2 Å². The van der Waals surface area contributed by atoms with E-state index in [1.165, 1.54) is 13.2 Å². The summed E-state index contributed by atoms with van der Waals surface area (Å²) in [5.41, 5.74) is 2.20. The number of carbonyl (C=O) groups is 2. The number of methoxy groups -OCH3 is 2. The van der Waals surface area contributed by atoms with Gasteiger partial charge in [-0.15, -0.1) is 0 Å². The highest BCUT2D eigenvalue weighted by atomic mass is 32.2. The maximum absolute atomic E-state index is 13.1. The Morgan fingerprint density at radius 1 is 0.875 bits per heavy atom. The zero-order valence-electron chi connectivity index (χ0n) is 17.6. The third-order valence-electron chi connectivity index (χ3n) is 4.85. The highest BCUT2D eigenvalue weighted by Gasteiger charge is 2.28. The second-order valence-corrected chi connectivity index (χ2v) is 7.87. The van der Waals surface area contributed by atoms with Gasteiger partial charge in [0.15, 0.2) is 18.1 Å². The zero-order valence-corrected chi connectivity index (χ0v) is 18.4. The van der Waals surface area contributed by atoms with Crippen LogP contribution in [0.15, 0.2) is 82.6 Å². The van der Waals surface area contributed by atoms with E-state index in [2.05, 4.69) is 0 Å². The van der Waals surface area contributed by atoms with E-state index in [4.69, 9.17) is 14.2 Å². The van der Waals surface area contributed by atoms with Gasteiger partial charge in [0.2, 0.25) is 0 Å². The van der Waals surface area contributed by atoms with Gasteiger partial charge in [-0.25, -0.2) is 4.79 Å². The van der Waals surface area contributed by atoms with Crippen LogP contribution in [0.3, 0.4) is 0 Å². The lowest BCUT2D eigenvalue weighted by atomic mass is 10.1. The van der Waals surface area contributed by atoms with Crippen LogP contribution < -0.4 is 14.4 Å². The molecule has 0 unspecified atom stereocenters. The van der Waals surface area contributed by atoms with Gasteiger partial charge in [0.05, 0.1) is 25.6 Å². The first-order chi connectivity index (χ1) is 15.6. The van der Waals surface area contributed by atoms with E-state index in [1.54, 1.807) is 48.0 Å². The Balaban J connectivity index is 1.48. The predicted molar refractivity (Wildman–Crippen MR) is 124 cm³/mol. The monoisotopic (exact) mass is 447 g/mol. The summed E-state index contributed by atoms with van der Waals surface area (Å²) in [4.78, 5) is 28.9. The highest BCUT2D eigenvalue weighted by Crippen LogP contribution is 2.47. The molecule has 3 aromatic rings. The molecule has 1 aliphatic heterocycles. The lowest BCUT2D eigenvalue weighted by Gasteiger charge is -2.30. The van der Waals surface area contributed by atoms with Crippen molar-refractivity contribution in [3.05, 3.63) is 78.4 Å². The van der Waals surface area contributed by atoms with E-state index in [0.29, 0.717) is 17.1 Å². The van der Waals surface area contributed by atoms with Crippen LogP contribution in [0.5, 0.6) is 11.5 Å². The standard InChI is InChI=1S/C25H21NO5S/c1-29-20-11-7-8-17(25(20)30-2)14-15-24(28)31-16-23(27)26-18-9-3-5-12-21(18)32-22-13-6-4-10-19(22)26/h3-15H,16H2,1-2H3. The average molecular weight is 448 g/mol. The first kappa shape index (κ1) is 21.5. The Kier molecular flexibility index (Phi) is 6.47. The van der Waals surface area contributed by atoms with E-state index in [9.17, 15) is 9.59 Å². The van der Waals surface area contributed by atoms with E-state index < -0.39 is 5.97 Å². The fourth-order valence-electron chi connectivity index (χ4n) is 3.42. The minimum Gasteiger partial charge on any atom is -0.493 e. The molecular weight excluding hydrogens is 426 g/mol. The topological polar surface area (TPSA) is 65.1 Å². The van der Waals surface area contributed by atoms with Gasteiger partial charge in [0.1, 0.15) is 0 Å². The second-order valence-electron chi connectivity index (χ2n) is 6.79. The second kappa shape index (κ2) is 9.62. The van der Waals surface area contributed by atoms with Gasteiger partial charge in [0.25, 0.3) is 5.91 Å². The van der Waals surface area contributed by atoms with Crippen molar-refractivity contribution in [2.24, 2.45) is 0 Å². The summed E-state index contributed by atoms with van der Waals surface area (Å²) in [6.45, 7) is -0.383. The number of carbonyl (C=O) groups excluding carboxylic acids is 2. The number of amides is 1. The number of para-hydroxylation sites is 3. The Bertz CT molecular complexity index is 1140. The molecule has 4 rings (SSSR count). The molecule has 6 nitrogen and oxygen atoms in total. The van der Waals surface area contributed by atoms with Gasteiger partial charge in [-0.2, -0.15) is 0 Å². The normalized spacial score (nSPS) is 12.1. The molecule has 0 aromatic heterocycles. The summed E-state index contributed by atoms with van der Waals surface area (Å²) in [6, 6.07) is 20.7. The summed E-state index contributed by atoms with van der Waals surface area (Å²) in [5.74, 6) is 0.106. The summed E-state index contributed by atoms with van der Waals surface area (Å²) in [5, 5.41) is 0. The van der Waals surface area contributed by atoms with E-state index in [-0.39, 0.29) is 12.5 Å². The maximum Gasteiger partial charge on any atom is 0.331 e. The molecule has 0 aliphatic carbocycles. The summed E-state index contributed by atoms with van der Waals surface area (Å²) < 4.78 is 15.9. The molecule has 0 bridgehead atoms. The smallest absolute Gasteiger partial charge is 0.331 e. The SMILES string of the molecule is COc1cccc(C=CC(=O)OCC(=O)N2c3ccccc3Sc3ccccc32)c1OC. The van der Waals surface area contributed by atoms with Gasteiger partial charge in [-0.05, 0) is 36.4 Å². The quantitative estimate of drug-likeness (QED) is 0.387. The van der Waals surface area contributed by atoms with E-state index >= 15 is 0 Å². The first-order valence-corrected chi connectivity index (χ1v) is 10.7. The molecule has 0 fully saturated rings. The van der Waals surface area contributed by atoms with Gasteiger partial charge in [-0.1, -0.05) is 48.2 Å². The van der Waals surface area contributed by atoms with Crippen LogP contribution in [0.2, 0.25) is 0 Å². The van der Waals surface area contributed by atoms with E-state index in [1.807, 2.05) is 48.5 Å². The summed E-state index contributed by atoms with van der Waals surface area (Å²) >= 11 is 1.61. The lowest BCUT2D eigenvalue weighted by molar-refractivity contribution is -0.142. The van der Waals surface area contributed by atoms with Crippen molar-refractivity contribution >= 4 is 41.1 Å². The number of nitrogens with zero attached hydrogens (tertiary/aromatic N) is 1. The molecule has 0 radical (unpaired) electrons. The van der Waals surface area contributed by atoms with Crippen LogP contribution in [0, 0.1) is 0 Å². The summed E-state index contributed by atoms with van der Waals surface area (Å²) in [6.07, 6.45) is 2.83. The molecule has 1 heterocycles. The fourth-order valence-corrected chi connectivity index (χ4v) is 4.48. The molecule has 0 saturated heterocycles. The predicted octanol–water partition coefficient (Wildman–Crippen LogP) is 5.09. The number of rotatable bonds is 6. The Morgan fingerprint density at radius 2 is 1.53 bits per heavy atom. The molecule has 7 heteroatoms. The number of hydrogen-bond acceptors (Lipinski definition) is 6. The molecule has 1 aliphatic rings. The van der Waals surface area contributed by atoms with Crippen molar-refractivity contribution in [1.29, 1.82) is 0 Å². The number of benzene rings is 3. The highest BCUT2D eigenvalue weighted by molar-refractivity contribution is 7.99.